The van der Waals surface area contributed by atoms with Crippen LogP contribution in [0.25, 0.3) is 0 Å². The van der Waals surface area contributed by atoms with Gasteiger partial charge in [-0.05, 0) is 24.2 Å². The molecule has 0 heterocycles. The molecular weight excluding hydrogens is 182 g/mol. The molecule has 0 aliphatic heterocycles. The Morgan fingerprint density at radius 1 is 1.38 bits per heavy atom. The van der Waals surface area contributed by atoms with Crippen molar-refractivity contribution in [2.24, 2.45) is 21.9 Å². The second-order valence-electron chi connectivity index (χ2n) is 5.33. The molecule has 2 aliphatic rings. The highest BCUT2D eigenvalue weighted by molar-refractivity contribution is 7.97. The van der Waals surface area contributed by atoms with Crippen molar-refractivity contribution in [3.8, 4) is 0 Å². The van der Waals surface area contributed by atoms with Crippen LogP contribution in [0.3, 0.4) is 0 Å². The average molecular weight is 201 g/mol. The summed E-state index contributed by atoms with van der Waals surface area (Å²) < 4.78 is 0. The van der Waals surface area contributed by atoms with E-state index in [2.05, 4.69) is 20.8 Å². The third-order valence-electron chi connectivity index (χ3n) is 4.89. The molecule has 0 aromatic rings. The Labute approximate surface area is 84.4 Å². The van der Waals surface area contributed by atoms with E-state index in [1.54, 1.807) is 0 Å². The van der Waals surface area contributed by atoms with Gasteiger partial charge in [-0.2, -0.15) is 0 Å². The van der Waals surface area contributed by atoms with Crippen molar-refractivity contribution in [1.82, 2.24) is 0 Å². The molecule has 13 heavy (non-hydrogen) atoms. The van der Waals surface area contributed by atoms with Crippen LogP contribution in [-0.4, -0.2) is 16.5 Å². The Balaban J connectivity index is 2.39. The first-order chi connectivity index (χ1) is 5.95. The molecule has 2 saturated carbocycles. The summed E-state index contributed by atoms with van der Waals surface area (Å²) in [6, 6.07) is 0. The van der Waals surface area contributed by atoms with Crippen LogP contribution in [0.2, 0.25) is 0 Å². The lowest BCUT2D eigenvalue weighted by Crippen LogP contribution is -2.38. The summed E-state index contributed by atoms with van der Waals surface area (Å²) in [6.45, 7) is 6.78. The lowest BCUT2D eigenvalue weighted by molar-refractivity contribution is 0.0148. The van der Waals surface area contributed by atoms with Gasteiger partial charge < -0.3 is 5.11 Å². The monoisotopic (exact) mass is 201 g/mol. The predicted molar refractivity (Wildman–Crippen MR) is 56.2 cm³/mol. The summed E-state index contributed by atoms with van der Waals surface area (Å²) in [5.74, 6) is 0.600. The third-order valence-corrected chi connectivity index (χ3v) is 5.79. The summed E-state index contributed by atoms with van der Waals surface area (Å²) in [5, 5.41) is 16.1. The maximum atomic E-state index is 10.2. The van der Waals surface area contributed by atoms with E-state index in [-0.39, 0.29) is 22.2 Å². The first-order valence-corrected chi connectivity index (χ1v) is 5.93. The van der Waals surface area contributed by atoms with Crippen LogP contribution in [0.1, 0.15) is 33.6 Å². The second-order valence-corrected chi connectivity index (χ2v) is 6.15. The molecule has 2 rings (SSSR count). The maximum Gasteiger partial charge on any atom is 0.0732 e. The molecule has 4 atom stereocenters. The Morgan fingerprint density at radius 3 is 2.31 bits per heavy atom. The molecule has 0 radical (unpaired) electrons. The normalized spacial score (nSPS) is 52.8. The third kappa shape index (κ3) is 0.932. The quantitative estimate of drug-likeness (QED) is 0.636. The SMILES string of the molecule is CC1(C)[C@@H]2CC[C@@]1(C)[C@H](O)[C@@H]2SN. The van der Waals surface area contributed by atoms with E-state index in [9.17, 15) is 5.11 Å². The molecule has 0 spiro atoms. The molecular formula is C10H19NOS. The fourth-order valence-corrected chi connectivity index (χ4v) is 4.53. The fourth-order valence-electron chi connectivity index (χ4n) is 3.42. The highest BCUT2D eigenvalue weighted by Gasteiger charge is 2.65. The second kappa shape index (κ2) is 2.65. The van der Waals surface area contributed by atoms with Crippen molar-refractivity contribution < 1.29 is 5.11 Å². The van der Waals surface area contributed by atoms with E-state index in [1.807, 2.05) is 0 Å². The summed E-state index contributed by atoms with van der Waals surface area (Å²) in [6.07, 6.45) is 2.18. The van der Waals surface area contributed by atoms with E-state index < -0.39 is 0 Å². The molecule has 2 fully saturated rings. The lowest BCUT2D eigenvalue weighted by atomic mass is 9.70. The fraction of sp³-hybridized carbons (Fsp3) is 1.00. The van der Waals surface area contributed by atoms with Gasteiger partial charge in [-0.1, -0.05) is 32.7 Å². The number of hydrogen-bond donors (Lipinski definition) is 2. The Hall–Kier alpha value is 0.270. The van der Waals surface area contributed by atoms with Gasteiger partial charge in [0.25, 0.3) is 0 Å². The van der Waals surface area contributed by atoms with Crippen LogP contribution in [0.4, 0.5) is 0 Å². The highest BCUT2D eigenvalue weighted by atomic mass is 32.2. The molecule has 0 aromatic heterocycles. The van der Waals surface area contributed by atoms with E-state index in [4.69, 9.17) is 5.14 Å². The molecule has 2 bridgehead atoms. The van der Waals surface area contributed by atoms with Crippen LogP contribution >= 0.6 is 11.9 Å². The van der Waals surface area contributed by atoms with Gasteiger partial charge in [0.2, 0.25) is 0 Å². The molecule has 0 unspecified atom stereocenters. The van der Waals surface area contributed by atoms with Crippen LogP contribution in [0, 0.1) is 16.7 Å². The zero-order chi connectivity index (χ0) is 9.85. The van der Waals surface area contributed by atoms with Crippen molar-refractivity contribution in [2.75, 3.05) is 0 Å². The molecule has 76 valence electrons. The van der Waals surface area contributed by atoms with Gasteiger partial charge in [0.05, 0.1) is 6.10 Å². The molecule has 2 aliphatic carbocycles. The average Bonchev–Trinajstić information content (AvgIpc) is 2.36. The molecule has 3 N–H and O–H groups in total. The van der Waals surface area contributed by atoms with E-state index in [0.717, 1.165) is 6.42 Å². The highest BCUT2D eigenvalue weighted by Crippen LogP contribution is 2.67. The van der Waals surface area contributed by atoms with Gasteiger partial charge in [0.15, 0.2) is 0 Å². The summed E-state index contributed by atoms with van der Waals surface area (Å²) in [5.41, 5.74) is 0.345. The smallest absolute Gasteiger partial charge is 0.0732 e. The van der Waals surface area contributed by atoms with Crippen LogP contribution < -0.4 is 5.14 Å². The summed E-state index contributed by atoms with van der Waals surface area (Å²) in [4.78, 5) is 0. The van der Waals surface area contributed by atoms with Gasteiger partial charge >= 0.3 is 0 Å². The molecule has 0 amide bonds. The van der Waals surface area contributed by atoms with Gasteiger partial charge in [-0.3, -0.25) is 5.14 Å². The molecule has 2 nitrogen and oxygen atoms in total. The largest absolute Gasteiger partial charge is 0.391 e. The van der Waals surface area contributed by atoms with Crippen molar-refractivity contribution in [2.45, 2.75) is 45.0 Å². The number of hydrogen-bond acceptors (Lipinski definition) is 3. The number of aliphatic hydroxyl groups is 1. The minimum Gasteiger partial charge on any atom is -0.391 e. The van der Waals surface area contributed by atoms with Crippen LogP contribution in [0.5, 0.6) is 0 Å². The minimum absolute atomic E-state index is 0.0920. The lowest BCUT2D eigenvalue weighted by Gasteiger charge is -2.36. The van der Waals surface area contributed by atoms with Crippen LogP contribution in [-0.2, 0) is 0 Å². The van der Waals surface area contributed by atoms with Crippen molar-refractivity contribution in [1.29, 1.82) is 0 Å². The van der Waals surface area contributed by atoms with E-state index in [1.165, 1.54) is 18.4 Å². The molecule has 3 heteroatoms. The predicted octanol–water partition coefficient (Wildman–Crippen LogP) is 1.78. The number of fused-ring (bicyclic) bond motifs is 2. The number of nitrogens with two attached hydrogens (primary N) is 1. The van der Waals surface area contributed by atoms with E-state index >= 15 is 0 Å². The molecule has 0 saturated heterocycles. The minimum atomic E-state index is -0.212. The maximum absolute atomic E-state index is 10.2. The van der Waals surface area contributed by atoms with Gasteiger partial charge in [0, 0.05) is 10.7 Å². The topological polar surface area (TPSA) is 46.2 Å². The Morgan fingerprint density at radius 2 is 2.00 bits per heavy atom. The summed E-state index contributed by atoms with van der Waals surface area (Å²) in [7, 11) is 0. The first-order valence-electron chi connectivity index (χ1n) is 4.99. The molecule has 0 aromatic carbocycles. The Bertz CT molecular complexity index is 231. The first kappa shape index (κ1) is 9.81. The zero-order valence-corrected chi connectivity index (χ0v) is 9.40. The van der Waals surface area contributed by atoms with Crippen LogP contribution in [0.15, 0.2) is 0 Å². The van der Waals surface area contributed by atoms with Crippen molar-refractivity contribution >= 4 is 11.9 Å². The number of rotatable bonds is 1. The summed E-state index contributed by atoms with van der Waals surface area (Å²) >= 11 is 1.35. The van der Waals surface area contributed by atoms with Crippen molar-refractivity contribution in [3.05, 3.63) is 0 Å². The van der Waals surface area contributed by atoms with Gasteiger partial charge in [-0.15, -0.1) is 0 Å². The number of aliphatic hydroxyl groups excluding tert-OH is 1. The van der Waals surface area contributed by atoms with E-state index in [0.29, 0.717) is 5.92 Å². The Kier molecular flexibility index (Phi) is 2.00. The van der Waals surface area contributed by atoms with Gasteiger partial charge in [-0.25, -0.2) is 0 Å². The van der Waals surface area contributed by atoms with Gasteiger partial charge in [0.1, 0.15) is 0 Å². The van der Waals surface area contributed by atoms with Crippen molar-refractivity contribution in [3.63, 3.8) is 0 Å². The standard InChI is InChI=1S/C10H19NOS/c1-9(2)6-4-5-10(9,3)8(12)7(6)13-11/h6-8,12H,4-5,11H2,1-3H3/t6-,7-,8-,10+/m1/s1. The zero-order valence-electron chi connectivity index (χ0n) is 8.58.